The number of nitrogens with zero attached hydrogens (tertiary/aromatic N) is 1. The average molecular weight is 412 g/mol. The van der Waals surface area contributed by atoms with Crippen molar-refractivity contribution >= 4 is 0 Å². The molecule has 0 bridgehead atoms. The number of ether oxygens (including phenoxy) is 1. The Balaban J connectivity index is 1.50. The fourth-order valence-corrected chi connectivity index (χ4v) is 4.69. The van der Waals surface area contributed by atoms with Gasteiger partial charge in [0, 0.05) is 31.0 Å². The van der Waals surface area contributed by atoms with E-state index in [0.29, 0.717) is 17.2 Å². The van der Waals surface area contributed by atoms with Crippen LogP contribution in [0.5, 0.6) is 5.75 Å². The Hall–Kier alpha value is -2.11. The second kappa shape index (κ2) is 9.80. The molecule has 162 valence electrons. The first-order chi connectivity index (χ1) is 14.7. The van der Waals surface area contributed by atoms with E-state index in [1.807, 2.05) is 30.3 Å². The first-order valence-corrected chi connectivity index (χ1v) is 11.4. The van der Waals surface area contributed by atoms with Crippen LogP contribution in [0.25, 0.3) is 0 Å². The van der Waals surface area contributed by atoms with Gasteiger partial charge in [0.05, 0.1) is 18.8 Å². The molecule has 5 nitrogen and oxygen atoms in total. The van der Waals surface area contributed by atoms with Crippen LogP contribution in [0.4, 0.5) is 0 Å². The molecule has 1 aromatic heterocycles. The van der Waals surface area contributed by atoms with Crippen LogP contribution in [0.2, 0.25) is 0 Å². The maximum absolute atomic E-state index is 13.0. The minimum atomic E-state index is -0.377. The summed E-state index contributed by atoms with van der Waals surface area (Å²) in [6.07, 6.45) is 5.04. The third-order valence-corrected chi connectivity index (χ3v) is 6.57. The first kappa shape index (κ1) is 21.1. The summed E-state index contributed by atoms with van der Waals surface area (Å²) in [5.41, 5.74) is 1.13. The summed E-state index contributed by atoms with van der Waals surface area (Å²) < 4.78 is 11.2. The van der Waals surface area contributed by atoms with E-state index in [9.17, 15) is 9.90 Å². The molecule has 5 heteroatoms. The van der Waals surface area contributed by atoms with Gasteiger partial charge >= 0.3 is 5.63 Å². The Bertz CT molecular complexity index is 868. The van der Waals surface area contributed by atoms with E-state index in [1.54, 1.807) is 6.07 Å². The summed E-state index contributed by atoms with van der Waals surface area (Å²) in [5, 5.41) is 10.9. The zero-order valence-electron chi connectivity index (χ0n) is 17.9. The second-order valence-electron chi connectivity index (χ2n) is 8.66. The Morgan fingerprint density at radius 1 is 1.17 bits per heavy atom. The zero-order chi connectivity index (χ0) is 20.9. The van der Waals surface area contributed by atoms with E-state index in [0.717, 1.165) is 70.5 Å². The number of hydrogen-bond acceptors (Lipinski definition) is 5. The van der Waals surface area contributed by atoms with Gasteiger partial charge in [-0.2, -0.15) is 0 Å². The lowest BCUT2D eigenvalue weighted by atomic mass is 9.87. The molecule has 2 fully saturated rings. The molecule has 30 heavy (non-hydrogen) atoms. The van der Waals surface area contributed by atoms with E-state index in [-0.39, 0.29) is 23.2 Å². The van der Waals surface area contributed by atoms with Gasteiger partial charge in [0.25, 0.3) is 0 Å². The van der Waals surface area contributed by atoms with Gasteiger partial charge in [0.1, 0.15) is 11.5 Å². The third-order valence-electron chi connectivity index (χ3n) is 6.57. The lowest BCUT2D eigenvalue weighted by molar-refractivity contribution is 0.0369. The van der Waals surface area contributed by atoms with Crippen molar-refractivity contribution in [1.82, 2.24) is 4.90 Å². The SMILES string of the molecule is CCC(CCCN1CCOCC1)c1cc(O)c(C(c2ccccc2)C2CC2)c(=O)o1. The van der Waals surface area contributed by atoms with Gasteiger partial charge in [-0.05, 0) is 50.1 Å². The van der Waals surface area contributed by atoms with Gasteiger partial charge in [-0.25, -0.2) is 4.79 Å². The second-order valence-corrected chi connectivity index (χ2v) is 8.66. The van der Waals surface area contributed by atoms with Crippen LogP contribution in [0, 0.1) is 5.92 Å². The van der Waals surface area contributed by atoms with Crippen molar-refractivity contribution in [3.63, 3.8) is 0 Å². The van der Waals surface area contributed by atoms with Crippen LogP contribution >= 0.6 is 0 Å². The van der Waals surface area contributed by atoms with Gasteiger partial charge in [0.15, 0.2) is 0 Å². The van der Waals surface area contributed by atoms with Gasteiger partial charge in [-0.3, -0.25) is 4.90 Å². The van der Waals surface area contributed by atoms with Crippen LogP contribution in [0.3, 0.4) is 0 Å². The van der Waals surface area contributed by atoms with E-state index < -0.39 is 0 Å². The molecule has 0 spiro atoms. The van der Waals surface area contributed by atoms with Crippen molar-refractivity contribution in [2.75, 3.05) is 32.8 Å². The predicted molar refractivity (Wildman–Crippen MR) is 117 cm³/mol. The van der Waals surface area contributed by atoms with Crippen molar-refractivity contribution in [1.29, 1.82) is 0 Å². The molecule has 1 aromatic carbocycles. The highest BCUT2D eigenvalue weighted by Gasteiger charge is 2.37. The van der Waals surface area contributed by atoms with Gasteiger partial charge < -0.3 is 14.3 Å². The molecule has 1 aliphatic carbocycles. The standard InChI is InChI=1S/C25H33NO4/c1-2-18(9-6-12-26-13-15-29-16-14-26)22-17-21(27)24(25(28)30-22)23(20-10-11-20)19-7-4-3-5-8-19/h3-5,7-8,17-18,20,23,27H,2,6,9-16H2,1H3. The molecular weight excluding hydrogens is 378 g/mol. The number of hydrogen-bond donors (Lipinski definition) is 1. The molecule has 4 rings (SSSR count). The smallest absolute Gasteiger partial charge is 0.343 e. The fourth-order valence-electron chi connectivity index (χ4n) is 4.69. The highest BCUT2D eigenvalue weighted by Crippen LogP contribution is 2.47. The Morgan fingerprint density at radius 2 is 1.90 bits per heavy atom. The highest BCUT2D eigenvalue weighted by molar-refractivity contribution is 5.41. The van der Waals surface area contributed by atoms with Crippen LogP contribution in [0.1, 0.15) is 67.8 Å². The molecule has 0 radical (unpaired) electrons. The van der Waals surface area contributed by atoms with E-state index >= 15 is 0 Å². The monoisotopic (exact) mass is 411 g/mol. The number of aromatic hydroxyl groups is 1. The first-order valence-electron chi connectivity index (χ1n) is 11.4. The number of rotatable bonds is 9. The summed E-state index contributed by atoms with van der Waals surface area (Å²) in [5.74, 6) is 1.18. The van der Waals surface area contributed by atoms with Gasteiger partial charge in [-0.1, -0.05) is 37.3 Å². The van der Waals surface area contributed by atoms with E-state index in [1.165, 1.54) is 0 Å². The molecular formula is C25H33NO4. The summed E-state index contributed by atoms with van der Waals surface area (Å²) in [7, 11) is 0. The predicted octanol–water partition coefficient (Wildman–Crippen LogP) is 4.49. The van der Waals surface area contributed by atoms with Crippen LogP contribution in [-0.4, -0.2) is 42.9 Å². The fraction of sp³-hybridized carbons (Fsp3) is 0.560. The van der Waals surface area contributed by atoms with Crippen molar-refractivity contribution in [3.8, 4) is 5.75 Å². The minimum absolute atomic E-state index is 0.0853. The molecule has 1 saturated carbocycles. The van der Waals surface area contributed by atoms with Gasteiger partial charge in [0.2, 0.25) is 0 Å². The molecule has 2 heterocycles. The maximum Gasteiger partial charge on any atom is 0.343 e. The zero-order valence-corrected chi connectivity index (χ0v) is 17.9. The molecule has 1 saturated heterocycles. The average Bonchev–Trinajstić information content (AvgIpc) is 3.60. The summed E-state index contributed by atoms with van der Waals surface area (Å²) >= 11 is 0. The van der Waals surface area contributed by atoms with Crippen molar-refractivity contribution in [2.45, 2.75) is 50.9 Å². The van der Waals surface area contributed by atoms with Crippen LogP contribution in [0.15, 0.2) is 45.6 Å². The molecule has 2 aromatic rings. The Morgan fingerprint density at radius 3 is 2.53 bits per heavy atom. The molecule has 2 atom stereocenters. The van der Waals surface area contributed by atoms with E-state index in [4.69, 9.17) is 9.15 Å². The lowest BCUT2D eigenvalue weighted by Crippen LogP contribution is -2.36. The summed E-state index contributed by atoms with van der Waals surface area (Å²) in [6.45, 7) is 6.75. The Labute approximate surface area is 178 Å². The minimum Gasteiger partial charge on any atom is -0.507 e. The van der Waals surface area contributed by atoms with Crippen LogP contribution in [-0.2, 0) is 4.74 Å². The lowest BCUT2D eigenvalue weighted by Gasteiger charge is -2.27. The summed E-state index contributed by atoms with van der Waals surface area (Å²) in [6, 6.07) is 11.7. The van der Waals surface area contributed by atoms with Crippen molar-refractivity contribution in [3.05, 3.63) is 63.7 Å². The van der Waals surface area contributed by atoms with Gasteiger partial charge in [-0.15, -0.1) is 0 Å². The van der Waals surface area contributed by atoms with Crippen molar-refractivity contribution in [2.24, 2.45) is 5.92 Å². The highest BCUT2D eigenvalue weighted by atomic mass is 16.5. The molecule has 0 amide bonds. The normalized spacial score (nSPS) is 19.5. The largest absolute Gasteiger partial charge is 0.507 e. The topological polar surface area (TPSA) is 62.9 Å². The van der Waals surface area contributed by atoms with Crippen LogP contribution < -0.4 is 5.63 Å². The maximum atomic E-state index is 13.0. The molecule has 1 aliphatic heterocycles. The molecule has 2 unspecified atom stereocenters. The number of benzene rings is 1. The Kier molecular flexibility index (Phi) is 6.90. The molecule has 2 aliphatic rings. The summed E-state index contributed by atoms with van der Waals surface area (Å²) in [4.78, 5) is 15.4. The quantitative estimate of drug-likeness (QED) is 0.659. The number of morpholine rings is 1. The molecule has 1 N–H and O–H groups in total. The van der Waals surface area contributed by atoms with E-state index in [2.05, 4.69) is 11.8 Å². The van der Waals surface area contributed by atoms with Crippen molar-refractivity contribution < 1.29 is 14.3 Å². The third kappa shape index (κ3) is 4.96.